The van der Waals surface area contributed by atoms with Crippen LogP contribution in [0.4, 0.5) is 0 Å². The van der Waals surface area contributed by atoms with Crippen LogP contribution in [0, 0.1) is 35.5 Å². The van der Waals surface area contributed by atoms with Crippen molar-refractivity contribution in [2.75, 3.05) is 7.11 Å². The number of fused-ring (bicyclic) bond motifs is 1. The summed E-state index contributed by atoms with van der Waals surface area (Å²) < 4.78 is 0. The van der Waals surface area contributed by atoms with Crippen LogP contribution in [0.1, 0.15) is 106 Å². The van der Waals surface area contributed by atoms with Crippen molar-refractivity contribution in [2.45, 2.75) is 125 Å². The molecule has 0 radical (unpaired) electrons. The number of hydroxylamine groups is 1. The molecule has 8 N–H and O–H groups in total. The Labute approximate surface area is 333 Å². The molecule has 0 unspecified atom stereocenters. The van der Waals surface area contributed by atoms with Gasteiger partial charge in [-0.15, -0.1) is 0 Å². The Hall–Kier alpha value is -4.49. The van der Waals surface area contributed by atoms with Crippen molar-refractivity contribution in [1.29, 1.82) is 0 Å². The first-order valence-corrected chi connectivity index (χ1v) is 21.5. The molecule has 8 aliphatic carbocycles. The Morgan fingerprint density at radius 2 is 1.21 bits per heavy atom. The van der Waals surface area contributed by atoms with Gasteiger partial charge in [-0.05, 0) is 124 Å². The van der Waals surface area contributed by atoms with Gasteiger partial charge in [0.2, 0.25) is 11.8 Å². The van der Waals surface area contributed by atoms with E-state index in [1.54, 1.807) is 0 Å². The van der Waals surface area contributed by atoms with E-state index in [1.807, 2.05) is 42.9 Å². The Kier molecular flexibility index (Phi) is 9.31. The van der Waals surface area contributed by atoms with Crippen LogP contribution < -0.4 is 21.8 Å². The summed E-state index contributed by atoms with van der Waals surface area (Å²) in [7, 11) is 1.37. The molecule has 302 valence electrons. The first kappa shape index (κ1) is 36.8. The Balaban J connectivity index is 0.852. The normalized spacial score (nSPS) is 32.3. The molecule has 12 rings (SSSR count). The quantitative estimate of drug-likeness (QED) is 0.0913. The molecule has 8 bridgehead atoms. The zero-order valence-corrected chi connectivity index (χ0v) is 32.9. The van der Waals surface area contributed by atoms with Crippen molar-refractivity contribution in [2.24, 2.45) is 41.2 Å². The zero-order chi connectivity index (χ0) is 38.9. The van der Waals surface area contributed by atoms with Crippen molar-refractivity contribution in [1.82, 2.24) is 41.0 Å². The molecule has 13 heteroatoms. The first-order chi connectivity index (χ1) is 27.6. The maximum atomic E-state index is 14.3. The summed E-state index contributed by atoms with van der Waals surface area (Å²) in [5, 5.41) is 6.87. The van der Waals surface area contributed by atoms with Crippen LogP contribution in [-0.2, 0) is 49.3 Å². The lowest BCUT2D eigenvalue weighted by molar-refractivity contribution is -0.137. The van der Waals surface area contributed by atoms with Crippen molar-refractivity contribution in [3.05, 3.63) is 71.5 Å². The van der Waals surface area contributed by atoms with Gasteiger partial charge in [0, 0.05) is 71.0 Å². The van der Waals surface area contributed by atoms with E-state index in [0.717, 1.165) is 94.3 Å². The number of hydrogen-bond donors (Lipinski definition) is 7. The molecule has 4 aromatic rings. The van der Waals surface area contributed by atoms with Gasteiger partial charge in [0.05, 0.1) is 13.2 Å². The molecule has 3 heterocycles. The third-order valence-electron chi connectivity index (χ3n) is 15.1. The van der Waals surface area contributed by atoms with E-state index >= 15 is 0 Å². The largest absolute Gasteiger partial charge is 0.361 e. The molecule has 3 atom stereocenters. The number of carbonyl (C=O) groups is 3. The first-order valence-electron chi connectivity index (χ1n) is 21.5. The molecular formula is C44H57N9O4. The lowest BCUT2D eigenvalue weighted by Crippen LogP contribution is -2.57. The highest BCUT2D eigenvalue weighted by molar-refractivity contribution is 5.94. The van der Waals surface area contributed by atoms with Crippen LogP contribution >= 0.6 is 0 Å². The minimum Gasteiger partial charge on any atom is -0.361 e. The maximum Gasteiger partial charge on any atom is 0.266 e. The summed E-state index contributed by atoms with van der Waals surface area (Å²) >= 11 is 0. The average Bonchev–Trinajstić information content (AvgIpc) is 3.95. The second-order valence-electron chi connectivity index (χ2n) is 19.3. The summed E-state index contributed by atoms with van der Waals surface area (Å²) in [5.41, 5.74) is 12.6. The minimum atomic E-state index is -1.02. The second-order valence-corrected chi connectivity index (χ2v) is 19.3. The number of rotatable bonds is 14. The molecule has 0 saturated heterocycles. The molecule has 8 aliphatic rings. The third kappa shape index (κ3) is 6.98. The van der Waals surface area contributed by atoms with Gasteiger partial charge >= 0.3 is 0 Å². The average molecular weight is 776 g/mol. The summed E-state index contributed by atoms with van der Waals surface area (Å²) in [6.07, 6.45) is 21.3. The van der Waals surface area contributed by atoms with Gasteiger partial charge in [0.1, 0.15) is 23.7 Å². The molecule has 3 aromatic heterocycles. The second kappa shape index (κ2) is 14.4. The van der Waals surface area contributed by atoms with Crippen LogP contribution in [0.25, 0.3) is 10.9 Å². The van der Waals surface area contributed by atoms with E-state index < -0.39 is 35.8 Å². The Morgan fingerprint density at radius 1 is 0.719 bits per heavy atom. The fraction of sp³-hybridized carbons (Fsp3) is 0.614. The maximum absolute atomic E-state index is 14.3. The van der Waals surface area contributed by atoms with Crippen LogP contribution in [0.2, 0.25) is 0 Å². The number of imidazole rings is 2. The van der Waals surface area contributed by atoms with Gasteiger partial charge in [-0.3, -0.25) is 19.2 Å². The number of carbonyl (C=O) groups excluding carboxylic acids is 3. The number of aromatic amines is 3. The lowest BCUT2D eigenvalue weighted by atomic mass is 9.49. The summed E-state index contributed by atoms with van der Waals surface area (Å²) in [5.74, 6) is 5.29. The summed E-state index contributed by atoms with van der Waals surface area (Å²) in [4.78, 5) is 66.9. The molecule has 0 aliphatic heterocycles. The van der Waals surface area contributed by atoms with Crippen molar-refractivity contribution in [3.8, 4) is 0 Å². The van der Waals surface area contributed by atoms with Crippen molar-refractivity contribution in [3.63, 3.8) is 0 Å². The van der Waals surface area contributed by atoms with Gasteiger partial charge in [0.25, 0.3) is 5.91 Å². The number of aromatic nitrogens is 5. The fourth-order valence-corrected chi connectivity index (χ4v) is 13.5. The number of para-hydroxylation sites is 1. The predicted octanol–water partition coefficient (Wildman–Crippen LogP) is 4.55. The molecule has 0 spiro atoms. The summed E-state index contributed by atoms with van der Waals surface area (Å²) in [6.45, 7) is 0. The van der Waals surface area contributed by atoms with E-state index in [4.69, 9.17) is 20.5 Å². The van der Waals surface area contributed by atoms with Gasteiger partial charge in [-0.1, -0.05) is 18.2 Å². The number of nitrogens with zero attached hydrogens (tertiary/aromatic N) is 2. The van der Waals surface area contributed by atoms with E-state index in [9.17, 15) is 14.4 Å². The topological polar surface area (TPSA) is 196 Å². The molecule has 8 fully saturated rings. The number of hydrogen-bond acceptors (Lipinski definition) is 7. The number of nitrogens with one attached hydrogen (secondary N) is 6. The van der Waals surface area contributed by atoms with Crippen LogP contribution in [0.3, 0.4) is 0 Å². The van der Waals surface area contributed by atoms with E-state index in [2.05, 4.69) is 31.1 Å². The monoisotopic (exact) mass is 775 g/mol. The number of H-pyrrole nitrogens is 3. The molecule has 57 heavy (non-hydrogen) atoms. The Morgan fingerprint density at radius 3 is 1.75 bits per heavy atom. The van der Waals surface area contributed by atoms with Gasteiger partial charge < -0.3 is 31.3 Å². The van der Waals surface area contributed by atoms with Crippen LogP contribution in [0.5, 0.6) is 0 Å². The smallest absolute Gasteiger partial charge is 0.266 e. The van der Waals surface area contributed by atoms with Gasteiger partial charge in [-0.2, -0.15) is 0 Å². The number of benzene rings is 1. The van der Waals surface area contributed by atoms with E-state index in [0.29, 0.717) is 0 Å². The highest BCUT2D eigenvalue weighted by Gasteiger charge is 2.54. The van der Waals surface area contributed by atoms with Crippen molar-refractivity contribution >= 4 is 28.6 Å². The molecule has 13 nitrogen and oxygen atoms in total. The molecule has 8 saturated carbocycles. The highest BCUT2D eigenvalue weighted by atomic mass is 16.6. The minimum absolute atomic E-state index is 0.0700. The number of amides is 3. The van der Waals surface area contributed by atoms with E-state index in [1.165, 1.54) is 64.9 Å². The number of nitrogens with two attached hydrogens (primary N) is 1. The lowest BCUT2D eigenvalue weighted by Gasteiger charge is -2.56. The van der Waals surface area contributed by atoms with Crippen molar-refractivity contribution < 1.29 is 19.2 Å². The molecule has 3 amide bonds. The summed E-state index contributed by atoms with van der Waals surface area (Å²) in [6, 6.07) is 4.91. The predicted molar refractivity (Wildman–Crippen MR) is 213 cm³/mol. The molecular weight excluding hydrogens is 719 g/mol. The van der Waals surface area contributed by atoms with Gasteiger partial charge in [0.15, 0.2) is 0 Å². The van der Waals surface area contributed by atoms with Gasteiger partial charge in [-0.25, -0.2) is 15.4 Å². The van der Waals surface area contributed by atoms with Crippen LogP contribution in [-0.4, -0.2) is 67.9 Å². The van der Waals surface area contributed by atoms with Crippen LogP contribution in [0.15, 0.2) is 42.9 Å². The molecule has 1 aromatic carbocycles. The fourth-order valence-electron chi connectivity index (χ4n) is 13.5. The standard InChI is InChI=1S/C44H57N9O4/c1-57-53-40(56)37(14-32-23-48-42(50-32)44-18-27-9-28(19-44)11-29(10-27)20-44)52-39(55)36(12-30-21-46-35-5-3-2-4-33(30)35)51-38(54)34(45)13-31-22-47-41(49-31)43-15-24-6-25(16-43)8-26(7-24)17-43/h2-5,21-29,34,36-37,46H,6-20,45H2,1H3,(H,47,49)(H,48,50)(H,51,54)(H,52,55)(H,53,56)/t24?,25?,26?,27?,28?,29?,34-,36-,37-,43?,44?/m0/s1. The zero-order valence-electron chi connectivity index (χ0n) is 32.9. The van der Waals surface area contributed by atoms with E-state index in [-0.39, 0.29) is 30.1 Å². The highest BCUT2D eigenvalue weighted by Crippen LogP contribution is 2.61. The Bertz CT molecular complexity index is 2080. The SMILES string of the molecule is CONC(=O)[C@H](Cc1cnc(C23CC4CC(CC(C4)C2)C3)[nH]1)NC(=O)[C@H](Cc1c[nH]c2ccccc12)NC(=O)[C@@H](N)Cc1cnc(C23CC4CC(CC(C4)C2)C3)[nH]1. The third-order valence-corrected chi connectivity index (χ3v) is 15.1.